The van der Waals surface area contributed by atoms with Gasteiger partial charge in [0.1, 0.15) is 12.7 Å². The van der Waals surface area contributed by atoms with Gasteiger partial charge in [0.15, 0.2) is 0 Å². The van der Waals surface area contributed by atoms with Crippen molar-refractivity contribution in [1.29, 1.82) is 5.26 Å². The van der Waals surface area contributed by atoms with Crippen LogP contribution >= 0.6 is 31.9 Å². The molecular formula is C27H13Br2F9N6O2. The molecule has 0 aliphatic carbocycles. The largest absolute Gasteiger partial charge is 0.457 e. The number of aromatic nitrogens is 3. The van der Waals surface area contributed by atoms with E-state index in [9.17, 15) is 44.7 Å². The normalized spacial score (nSPS) is 13.4. The minimum Gasteiger partial charge on any atom is -0.320 e. The zero-order valence-corrected chi connectivity index (χ0v) is 25.3. The monoisotopic (exact) mass is 782 g/mol. The molecule has 1 heterocycles. The quantitative estimate of drug-likeness (QED) is 0.184. The lowest BCUT2D eigenvalue weighted by molar-refractivity contribution is -0.389. The van der Waals surface area contributed by atoms with Gasteiger partial charge in [0.05, 0.1) is 28.7 Å². The third kappa shape index (κ3) is 6.31. The van der Waals surface area contributed by atoms with Gasteiger partial charge in [-0.15, -0.1) is 0 Å². The molecule has 19 heteroatoms. The number of nitriles is 1. The van der Waals surface area contributed by atoms with Crippen molar-refractivity contribution in [1.82, 2.24) is 14.8 Å². The highest BCUT2D eigenvalue weighted by Crippen LogP contribution is 2.59. The maximum atomic E-state index is 15.0. The number of anilines is 2. The maximum Gasteiger partial charge on any atom is 0.457 e. The second kappa shape index (κ2) is 12.4. The highest BCUT2D eigenvalue weighted by molar-refractivity contribution is 9.11. The Balaban J connectivity index is 1.70. The van der Waals surface area contributed by atoms with E-state index in [1.807, 2.05) is 6.07 Å². The van der Waals surface area contributed by atoms with E-state index < -0.39 is 56.0 Å². The van der Waals surface area contributed by atoms with Crippen LogP contribution in [0.2, 0.25) is 0 Å². The first-order chi connectivity index (χ1) is 21.3. The van der Waals surface area contributed by atoms with E-state index in [0.717, 1.165) is 0 Å². The predicted octanol–water partition coefficient (Wildman–Crippen LogP) is 8.09. The summed E-state index contributed by atoms with van der Waals surface area (Å²) >= 11 is 5.39. The molecule has 0 saturated heterocycles. The number of carbonyl (C=O) groups excluding carboxylic acids is 2. The smallest absolute Gasteiger partial charge is 0.320 e. The summed E-state index contributed by atoms with van der Waals surface area (Å²) in [5.41, 5.74) is -8.33. The topological polar surface area (TPSA) is 113 Å². The molecule has 0 saturated carbocycles. The molecule has 3 aromatic carbocycles. The summed E-state index contributed by atoms with van der Waals surface area (Å²) in [6, 6.07) is 11.2. The van der Waals surface area contributed by atoms with Gasteiger partial charge in [0, 0.05) is 25.6 Å². The minimum atomic E-state index is -6.92. The van der Waals surface area contributed by atoms with Gasteiger partial charge in [-0.2, -0.15) is 45.5 Å². The molecule has 2 amide bonds. The molecule has 0 aliphatic heterocycles. The molecule has 1 atom stereocenters. The summed E-state index contributed by atoms with van der Waals surface area (Å²) in [5.74, 6) is -8.57. The van der Waals surface area contributed by atoms with Gasteiger partial charge in [0.2, 0.25) is 0 Å². The molecule has 240 valence electrons. The third-order valence-corrected chi connectivity index (χ3v) is 7.56. The number of carbonyl (C=O) groups is 2. The molecule has 1 unspecified atom stereocenters. The molecule has 1 aromatic heterocycles. The summed E-state index contributed by atoms with van der Waals surface area (Å²) in [4.78, 5) is 29.9. The molecule has 4 rings (SSSR count). The third-order valence-electron chi connectivity index (χ3n) is 6.31. The van der Waals surface area contributed by atoms with Gasteiger partial charge in [-0.05, 0) is 86.5 Å². The number of halogens is 11. The number of hydrogen-bond donors (Lipinski definition) is 2. The SMILES string of the molecule is N#Cc1ccc(C(=O)Nc2cc(C(=O)Nc3c(Br)cc(C(F)(C(F)(F)F)C(F)(F)C(F)(F)F)cc3Br)ccc2-n2cncn2)cc1. The van der Waals surface area contributed by atoms with E-state index in [4.69, 9.17) is 5.26 Å². The molecular weight excluding hydrogens is 771 g/mol. The molecule has 0 aliphatic rings. The van der Waals surface area contributed by atoms with Gasteiger partial charge in [-0.25, -0.2) is 14.1 Å². The molecule has 0 fully saturated rings. The van der Waals surface area contributed by atoms with Crippen molar-refractivity contribution in [2.45, 2.75) is 23.9 Å². The van der Waals surface area contributed by atoms with Crippen LogP contribution in [0, 0.1) is 11.3 Å². The number of alkyl halides is 9. The van der Waals surface area contributed by atoms with Crippen LogP contribution in [0.25, 0.3) is 5.69 Å². The number of nitrogens with one attached hydrogen (secondary N) is 2. The second-order valence-corrected chi connectivity index (χ2v) is 10.9. The fraction of sp³-hybridized carbons (Fsp3) is 0.148. The van der Waals surface area contributed by atoms with Gasteiger partial charge in [-0.1, -0.05) is 0 Å². The van der Waals surface area contributed by atoms with E-state index >= 15 is 4.39 Å². The second-order valence-electron chi connectivity index (χ2n) is 9.21. The molecule has 46 heavy (non-hydrogen) atoms. The zero-order valence-electron chi connectivity index (χ0n) is 22.1. The molecule has 2 N–H and O–H groups in total. The summed E-state index contributed by atoms with van der Waals surface area (Å²) in [6.45, 7) is 0. The Morgan fingerprint density at radius 2 is 1.35 bits per heavy atom. The first-order valence-electron chi connectivity index (χ1n) is 12.1. The Morgan fingerprint density at radius 1 is 0.783 bits per heavy atom. The average Bonchev–Trinajstić information content (AvgIpc) is 3.52. The Morgan fingerprint density at radius 3 is 1.85 bits per heavy atom. The number of amides is 2. The fourth-order valence-electron chi connectivity index (χ4n) is 4.00. The number of hydrogen-bond acceptors (Lipinski definition) is 5. The van der Waals surface area contributed by atoms with E-state index in [0.29, 0.717) is 0 Å². The van der Waals surface area contributed by atoms with E-state index in [1.54, 1.807) is 0 Å². The highest BCUT2D eigenvalue weighted by atomic mass is 79.9. The van der Waals surface area contributed by atoms with Gasteiger partial charge in [0.25, 0.3) is 11.8 Å². The molecule has 8 nitrogen and oxygen atoms in total. The van der Waals surface area contributed by atoms with Crippen LogP contribution in [-0.4, -0.2) is 44.9 Å². The van der Waals surface area contributed by atoms with Crippen LogP contribution in [0.5, 0.6) is 0 Å². The Bertz CT molecular complexity index is 1820. The minimum absolute atomic E-state index is 0.00256. The van der Waals surface area contributed by atoms with Crippen molar-refractivity contribution >= 4 is 55.0 Å². The lowest BCUT2D eigenvalue weighted by Crippen LogP contribution is -2.59. The highest BCUT2D eigenvalue weighted by Gasteiger charge is 2.81. The number of nitrogens with zero attached hydrogens (tertiary/aromatic N) is 4. The summed E-state index contributed by atoms with van der Waals surface area (Å²) < 4.78 is 122. The van der Waals surface area contributed by atoms with Crippen molar-refractivity contribution in [2.24, 2.45) is 0 Å². The first kappa shape index (κ1) is 34.4. The predicted molar refractivity (Wildman–Crippen MR) is 150 cm³/mol. The van der Waals surface area contributed by atoms with E-state index in [-0.39, 0.29) is 40.2 Å². The van der Waals surface area contributed by atoms with E-state index in [1.165, 1.54) is 59.8 Å². The van der Waals surface area contributed by atoms with Crippen molar-refractivity contribution in [3.63, 3.8) is 0 Å². The van der Waals surface area contributed by atoms with Crippen LogP contribution in [0.4, 0.5) is 50.9 Å². The van der Waals surface area contributed by atoms with Crippen LogP contribution < -0.4 is 10.6 Å². The average molecular weight is 784 g/mol. The zero-order chi connectivity index (χ0) is 34.2. The standard InChI is InChI=1S/C27H13Br2F9N6O2/c28-17-8-16(24(30,26(33,34)35)25(31,32)27(36,37)38)9-18(29)21(17)43-23(46)15-5-6-20(44-12-40-11-41-44)19(7-15)42-22(45)14-3-1-13(10-39)2-4-14/h1-9,11-12H,(H,42,45)(H,43,46). The number of benzene rings is 3. The summed E-state index contributed by atoms with van der Waals surface area (Å²) in [6.07, 6.45) is -11.2. The molecule has 0 spiro atoms. The number of rotatable bonds is 7. The maximum absolute atomic E-state index is 15.0. The van der Waals surface area contributed by atoms with Crippen LogP contribution in [0.3, 0.4) is 0 Å². The summed E-state index contributed by atoms with van der Waals surface area (Å²) in [7, 11) is 0. The lowest BCUT2D eigenvalue weighted by atomic mass is 9.87. The first-order valence-corrected chi connectivity index (χ1v) is 13.7. The summed E-state index contributed by atoms with van der Waals surface area (Å²) in [5, 5.41) is 17.7. The Labute approximate surface area is 268 Å². The van der Waals surface area contributed by atoms with Crippen molar-refractivity contribution in [3.05, 3.63) is 98.5 Å². The Kier molecular flexibility index (Phi) is 9.28. The molecule has 4 aromatic rings. The Hall–Kier alpha value is -4.44. The van der Waals surface area contributed by atoms with Gasteiger partial charge >= 0.3 is 23.9 Å². The van der Waals surface area contributed by atoms with E-state index in [2.05, 4.69) is 52.6 Å². The molecule has 0 radical (unpaired) electrons. The molecule has 0 bridgehead atoms. The van der Waals surface area contributed by atoms with Gasteiger partial charge in [-0.3, -0.25) is 9.59 Å². The van der Waals surface area contributed by atoms with Crippen molar-refractivity contribution < 1.29 is 49.1 Å². The van der Waals surface area contributed by atoms with Crippen molar-refractivity contribution in [3.8, 4) is 11.8 Å². The van der Waals surface area contributed by atoms with Crippen LogP contribution in [-0.2, 0) is 5.67 Å². The fourth-order valence-corrected chi connectivity index (χ4v) is 5.38. The van der Waals surface area contributed by atoms with Crippen molar-refractivity contribution in [2.75, 3.05) is 10.6 Å². The lowest BCUT2D eigenvalue weighted by Gasteiger charge is -2.36. The van der Waals surface area contributed by atoms with Crippen LogP contribution in [0.15, 0.2) is 76.2 Å². The van der Waals surface area contributed by atoms with Crippen LogP contribution in [0.1, 0.15) is 31.8 Å². The van der Waals surface area contributed by atoms with Gasteiger partial charge < -0.3 is 10.6 Å².